The van der Waals surface area contributed by atoms with Crippen molar-refractivity contribution >= 4 is 16.9 Å². The fraction of sp³-hybridized carbons (Fsp3) is 0.263. The molecule has 0 aliphatic carbocycles. The summed E-state index contributed by atoms with van der Waals surface area (Å²) < 4.78 is 12.5. The Hall–Kier alpha value is -3.02. The Morgan fingerprint density at radius 2 is 1.88 bits per heavy atom. The van der Waals surface area contributed by atoms with E-state index in [2.05, 4.69) is 21.8 Å². The molecule has 0 spiro atoms. The van der Waals surface area contributed by atoms with Crippen molar-refractivity contribution in [3.63, 3.8) is 0 Å². The molecule has 0 aliphatic heterocycles. The highest BCUT2D eigenvalue weighted by Gasteiger charge is 2.13. The van der Waals surface area contributed by atoms with Gasteiger partial charge in [-0.15, -0.1) is 0 Å². The van der Waals surface area contributed by atoms with Gasteiger partial charge in [-0.05, 0) is 37.3 Å². The van der Waals surface area contributed by atoms with Crippen LogP contribution in [-0.2, 0) is 13.1 Å². The van der Waals surface area contributed by atoms with Crippen molar-refractivity contribution in [2.24, 2.45) is 0 Å². The lowest BCUT2D eigenvalue weighted by atomic mass is 10.2. The van der Waals surface area contributed by atoms with Crippen LogP contribution in [0.1, 0.15) is 23.1 Å². The van der Waals surface area contributed by atoms with E-state index < -0.39 is 0 Å². The number of amides is 1. The van der Waals surface area contributed by atoms with E-state index >= 15 is 0 Å². The lowest BCUT2D eigenvalue weighted by Crippen LogP contribution is -2.24. The monoisotopic (exact) mass is 339 g/mol. The summed E-state index contributed by atoms with van der Waals surface area (Å²) in [5.41, 5.74) is 2.51. The molecule has 25 heavy (non-hydrogen) atoms. The first-order valence-corrected chi connectivity index (χ1v) is 8.12. The molecule has 0 bridgehead atoms. The van der Waals surface area contributed by atoms with Crippen LogP contribution < -0.4 is 14.8 Å². The van der Waals surface area contributed by atoms with Gasteiger partial charge in [-0.3, -0.25) is 4.79 Å². The highest BCUT2D eigenvalue weighted by atomic mass is 16.5. The minimum atomic E-state index is -0.185. The SMILES string of the molecule is CCn1c(CNC(=O)c2ccc(OC)c(OC)c2)nc2ccccc21. The molecule has 0 fully saturated rings. The molecule has 0 radical (unpaired) electrons. The van der Waals surface area contributed by atoms with Crippen molar-refractivity contribution in [2.45, 2.75) is 20.0 Å². The Kier molecular flexibility index (Phi) is 4.88. The van der Waals surface area contributed by atoms with Crippen LogP contribution in [0.25, 0.3) is 11.0 Å². The van der Waals surface area contributed by atoms with Crippen LogP contribution in [0.15, 0.2) is 42.5 Å². The van der Waals surface area contributed by atoms with Gasteiger partial charge in [0.2, 0.25) is 0 Å². The minimum absolute atomic E-state index is 0.185. The number of aryl methyl sites for hydroxylation is 1. The predicted molar refractivity (Wildman–Crippen MR) is 96.1 cm³/mol. The first-order chi connectivity index (χ1) is 12.2. The van der Waals surface area contributed by atoms with Gasteiger partial charge in [0.15, 0.2) is 11.5 Å². The van der Waals surface area contributed by atoms with Crippen molar-refractivity contribution in [2.75, 3.05) is 14.2 Å². The summed E-state index contributed by atoms with van der Waals surface area (Å²) in [7, 11) is 3.11. The first-order valence-electron chi connectivity index (χ1n) is 8.12. The number of methoxy groups -OCH3 is 2. The predicted octanol–water partition coefficient (Wildman–Crippen LogP) is 3.00. The quantitative estimate of drug-likeness (QED) is 0.750. The van der Waals surface area contributed by atoms with E-state index in [4.69, 9.17) is 9.47 Å². The van der Waals surface area contributed by atoms with Crippen LogP contribution in [0.2, 0.25) is 0 Å². The molecule has 6 nitrogen and oxygen atoms in total. The highest BCUT2D eigenvalue weighted by molar-refractivity contribution is 5.94. The summed E-state index contributed by atoms with van der Waals surface area (Å²) in [5, 5.41) is 2.92. The standard InChI is InChI=1S/C19H21N3O3/c1-4-22-15-8-6-5-7-14(15)21-18(22)12-20-19(23)13-9-10-16(24-2)17(11-13)25-3/h5-11H,4,12H2,1-3H3,(H,20,23). The number of carbonyl (C=O) groups excluding carboxylic acids is 1. The number of para-hydroxylation sites is 2. The van der Waals surface area contributed by atoms with E-state index in [1.54, 1.807) is 32.4 Å². The van der Waals surface area contributed by atoms with Crippen LogP contribution in [0, 0.1) is 0 Å². The van der Waals surface area contributed by atoms with Gasteiger partial charge in [0.05, 0.1) is 31.8 Å². The van der Waals surface area contributed by atoms with Gasteiger partial charge < -0.3 is 19.4 Å². The molecule has 0 saturated carbocycles. The second kappa shape index (κ2) is 7.25. The maximum Gasteiger partial charge on any atom is 0.251 e. The maximum absolute atomic E-state index is 12.5. The maximum atomic E-state index is 12.5. The molecule has 0 atom stereocenters. The molecule has 3 aromatic rings. The third kappa shape index (κ3) is 3.28. The zero-order chi connectivity index (χ0) is 17.8. The Morgan fingerprint density at radius 3 is 2.60 bits per heavy atom. The molecule has 0 aliphatic rings. The van der Waals surface area contributed by atoms with E-state index in [1.165, 1.54) is 0 Å². The number of hydrogen-bond donors (Lipinski definition) is 1. The van der Waals surface area contributed by atoms with Crippen molar-refractivity contribution < 1.29 is 14.3 Å². The summed E-state index contributed by atoms with van der Waals surface area (Å²) >= 11 is 0. The number of rotatable bonds is 6. The Labute approximate surface area is 146 Å². The summed E-state index contributed by atoms with van der Waals surface area (Å²) in [6.45, 7) is 3.21. The Balaban J connectivity index is 1.79. The van der Waals surface area contributed by atoms with Crippen molar-refractivity contribution in [3.05, 3.63) is 53.9 Å². The number of carbonyl (C=O) groups is 1. The molecule has 1 amide bonds. The smallest absolute Gasteiger partial charge is 0.251 e. The van der Waals surface area contributed by atoms with E-state index in [9.17, 15) is 4.79 Å². The summed E-state index contributed by atoms with van der Waals surface area (Å²) in [4.78, 5) is 17.1. The molecule has 1 heterocycles. The largest absolute Gasteiger partial charge is 0.493 e. The summed E-state index contributed by atoms with van der Waals surface area (Å²) in [6.07, 6.45) is 0. The lowest BCUT2D eigenvalue weighted by Gasteiger charge is -2.10. The fourth-order valence-electron chi connectivity index (χ4n) is 2.85. The van der Waals surface area contributed by atoms with Crippen LogP contribution in [0.3, 0.4) is 0 Å². The molecule has 130 valence electrons. The average molecular weight is 339 g/mol. The van der Waals surface area contributed by atoms with Crippen LogP contribution >= 0.6 is 0 Å². The third-order valence-corrected chi connectivity index (χ3v) is 4.10. The van der Waals surface area contributed by atoms with Gasteiger partial charge in [0.1, 0.15) is 5.82 Å². The van der Waals surface area contributed by atoms with Gasteiger partial charge in [0, 0.05) is 12.1 Å². The zero-order valence-electron chi connectivity index (χ0n) is 14.6. The van der Waals surface area contributed by atoms with Gasteiger partial charge in [-0.25, -0.2) is 4.98 Å². The molecular weight excluding hydrogens is 318 g/mol. The molecule has 2 aromatic carbocycles. The molecule has 0 saturated heterocycles. The second-order valence-corrected chi connectivity index (χ2v) is 5.51. The highest BCUT2D eigenvalue weighted by Crippen LogP contribution is 2.27. The van der Waals surface area contributed by atoms with E-state index in [1.807, 2.05) is 24.3 Å². The number of nitrogens with one attached hydrogen (secondary N) is 1. The second-order valence-electron chi connectivity index (χ2n) is 5.51. The average Bonchev–Trinajstić information content (AvgIpc) is 3.02. The number of fused-ring (bicyclic) bond motifs is 1. The lowest BCUT2D eigenvalue weighted by molar-refractivity contribution is 0.0949. The topological polar surface area (TPSA) is 65.4 Å². The molecule has 0 unspecified atom stereocenters. The van der Waals surface area contributed by atoms with Crippen LogP contribution in [0.4, 0.5) is 0 Å². The minimum Gasteiger partial charge on any atom is -0.493 e. The van der Waals surface area contributed by atoms with Gasteiger partial charge >= 0.3 is 0 Å². The molecule has 3 rings (SSSR count). The molecule has 6 heteroatoms. The number of hydrogen-bond acceptors (Lipinski definition) is 4. The van der Waals surface area contributed by atoms with Gasteiger partial charge in [-0.2, -0.15) is 0 Å². The third-order valence-electron chi connectivity index (χ3n) is 4.10. The van der Waals surface area contributed by atoms with E-state index in [-0.39, 0.29) is 5.91 Å². The number of aromatic nitrogens is 2. The van der Waals surface area contributed by atoms with E-state index in [0.29, 0.717) is 23.6 Å². The number of nitrogens with zero attached hydrogens (tertiary/aromatic N) is 2. The van der Waals surface area contributed by atoms with Gasteiger partial charge in [0.25, 0.3) is 5.91 Å². The number of imidazole rings is 1. The van der Waals surface area contributed by atoms with Crippen LogP contribution in [-0.4, -0.2) is 29.7 Å². The number of ether oxygens (including phenoxy) is 2. The normalized spacial score (nSPS) is 10.7. The summed E-state index contributed by atoms with van der Waals surface area (Å²) in [6, 6.07) is 13.0. The molecule has 1 N–H and O–H groups in total. The molecule has 1 aromatic heterocycles. The number of benzene rings is 2. The van der Waals surface area contributed by atoms with Crippen molar-refractivity contribution in [3.8, 4) is 11.5 Å². The van der Waals surface area contributed by atoms with Crippen LogP contribution in [0.5, 0.6) is 11.5 Å². The Morgan fingerprint density at radius 1 is 1.12 bits per heavy atom. The van der Waals surface area contributed by atoms with Gasteiger partial charge in [-0.1, -0.05) is 12.1 Å². The van der Waals surface area contributed by atoms with Crippen molar-refractivity contribution in [1.82, 2.24) is 14.9 Å². The zero-order valence-corrected chi connectivity index (χ0v) is 14.6. The fourth-order valence-corrected chi connectivity index (χ4v) is 2.85. The molecular formula is C19H21N3O3. The van der Waals surface area contributed by atoms with Crippen molar-refractivity contribution in [1.29, 1.82) is 0 Å². The Bertz CT molecular complexity index is 902. The first kappa shape index (κ1) is 16.8. The summed E-state index contributed by atoms with van der Waals surface area (Å²) in [5.74, 6) is 1.76. The van der Waals surface area contributed by atoms with E-state index in [0.717, 1.165) is 23.4 Å².